The van der Waals surface area contributed by atoms with E-state index in [-0.39, 0.29) is 30.8 Å². The molecule has 0 bridgehead atoms. The van der Waals surface area contributed by atoms with E-state index in [1.807, 2.05) is 0 Å². The van der Waals surface area contributed by atoms with E-state index >= 15 is 0 Å². The molecule has 19 heavy (non-hydrogen) atoms. The quantitative estimate of drug-likeness (QED) is 0.866. The lowest BCUT2D eigenvalue weighted by Gasteiger charge is -2.14. The SMILES string of the molecule is COCCC(=O)Nc1ccc(CN)c(C(F)(F)F)c1. The molecule has 4 nitrogen and oxygen atoms in total. The Labute approximate surface area is 108 Å². The maximum Gasteiger partial charge on any atom is 0.416 e. The molecular weight excluding hydrogens is 261 g/mol. The van der Waals surface area contributed by atoms with E-state index in [4.69, 9.17) is 10.5 Å². The van der Waals surface area contributed by atoms with Gasteiger partial charge < -0.3 is 15.8 Å². The summed E-state index contributed by atoms with van der Waals surface area (Å²) in [4.78, 5) is 11.4. The number of anilines is 1. The van der Waals surface area contributed by atoms with Crippen LogP contribution in [0.1, 0.15) is 17.5 Å². The molecular formula is C12H15F3N2O2. The molecule has 1 aromatic carbocycles. The van der Waals surface area contributed by atoms with Crippen LogP contribution in [0.4, 0.5) is 18.9 Å². The van der Waals surface area contributed by atoms with Crippen LogP contribution in [0.15, 0.2) is 18.2 Å². The van der Waals surface area contributed by atoms with Crippen molar-refractivity contribution >= 4 is 11.6 Å². The van der Waals surface area contributed by atoms with Crippen LogP contribution in [0, 0.1) is 0 Å². The Kier molecular flexibility index (Phi) is 5.31. The Morgan fingerprint density at radius 2 is 2.11 bits per heavy atom. The minimum absolute atomic E-state index is 0.0117. The summed E-state index contributed by atoms with van der Waals surface area (Å²) in [5.74, 6) is -0.407. The van der Waals surface area contributed by atoms with Crippen molar-refractivity contribution in [3.05, 3.63) is 29.3 Å². The largest absolute Gasteiger partial charge is 0.416 e. The first-order valence-electron chi connectivity index (χ1n) is 5.57. The highest BCUT2D eigenvalue weighted by atomic mass is 19.4. The van der Waals surface area contributed by atoms with Crippen molar-refractivity contribution in [1.82, 2.24) is 0 Å². The van der Waals surface area contributed by atoms with Crippen molar-refractivity contribution in [3.63, 3.8) is 0 Å². The highest BCUT2D eigenvalue weighted by Crippen LogP contribution is 2.33. The molecule has 0 aromatic heterocycles. The van der Waals surface area contributed by atoms with Gasteiger partial charge in [0.2, 0.25) is 5.91 Å². The van der Waals surface area contributed by atoms with Gasteiger partial charge in [-0.15, -0.1) is 0 Å². The van der Waals surface area contributed by atoms with Gasteiger partial charge in [-0.25, -0.2) is 0 Å². The van der Waals surface area contributed by atoms with Gasteiger partial charge in [-0.3, -0.25) is 4.79 Å². The number of hydrogen-bond donors (Lipinski definition) is 2. The molecule has 0 heterocycles. The molecule has 1 rings (SSSR count). The number of amides is 1. The number of rotatable bonds is 5. The summed E-state index contributed by atoms with van der Waals surface area (Å²) < 4.78 is 43.0. The second-order valence-corrected chi connectivity index (χ2v) is 3.86. The molecule has 0 spiro atoms. The van der Waals surface area contributed by atoms with Crippen LogP contribution in [0.2, 0.25) is 0 Å². The van der Waals surface area contributed by atoms with E-state index < -0.39 is 17.6 Å². The van der Waals surface area contributed by atoms with Crippen molar-refractivity contribution in [2.24, 2.45) is 5.73 Å². The van der Waals surface area contributed by atoms with Crippen molar-refractivity contribution in [2.45, 2.75) is 19.1 Å². The average molecular weight is 276 g/mol. The lowest BCUT2D eigenvalue weighted by Crippen LogP contribution is -2.16. The lowest BCUT2D eigenvalue weighted by atomic mass is 10.1. The molecule has 1 aromatic rings. The molecule has 0 aliphatic rings. The smallest absolute Gasteiger partial charge is 0.384 e. The first-order valence-corrected chi connectivity index (χ1v) is 5.57. The van der Waals surface area contributed by atoms with Crippen LogP contribution < -0.4 is 11.1 Å². The molecule has 1 amide bonds. The molecule has 0 aliphatic heterocycles. The van der Waals surface area contributed by atoms with Crippen molar-refractivity contribution in [2.75, 3.05) is 19.0 Å². The van der Waals surface area contributed by atoms with E-state index in [0.717, 1.165) is 6.07 Å². The summed E-state index contributed by atoms with van der Waals surface area (Å²) in [5, 5.41) is 2.38. The fraction of sp³-hybridized carbons (Fsp3) is 0.417. The summed E-state index contributed by atoms with van der Waals surface area (Å²) in [6, 6.07) is 3.53. The number of halogens is 3. The summed E-state index contributed by atoms with van der Waals surface area (Å²) in [6.45, 7) is -0.00834. The number of alkyl halides is 3. The maximum absolute atomic E-state index is 12.8. The molecule has 0 unspecified atom stereocenters. The van der Waals surface area contributed by atoms with Gasteiger partial charge in [0, 0.05) is 19.3 Å². The molecule has 0 fully saturated rings. The number of carbonyl (C=O) groups excluding carboxylic acids is 1. The summed E-state index contributed by atoms with van der Waals surface area (Å²) in [7, 11) is 1.44. The van der Waals surface area contributed by atoms with Crippen LogP contribution in [0.25, 0.3) is 0 Å². The molecule has 0 saturated carbocycles. The van der Waals surface area contributed by atoms with Crippen LogP contribution in [0.3, 0.4) is 0 Å². The molecule has 7 heteroatoms. The number of nitrogens with one attached hydrogen (secondary N) is 1. The monoisotopic (exact) mass is 276 g/mol. The van der Waals surface area contributed by atoms with E-state index in [1.54, 1.807) is 0 Å². The second kappa shape index (κ2) is 6.53. The van der Waals surface area contributed by atoms with Gasteiger partial charge >= 0.3 is 6.18 Å². The highest BCUT2D eigenvalue weighted by molar-refractivity contribution is 5.90. The van der Waals surface area contributed by atoms with Gasteiger partial charge in [0.05, 0.1) is 18.6 Å². The number of nitrogens with two attached hydrogens (primary N) is 1. The standard InChI is InChI=1S/C12H15F3N2O2/c1-19-5-4-11(18)17-9-3-2-8(7-16)10(6-9)12(13,14)15/h2-3,6H,4-5,7,16H2,1H3,(H,17,18). The van der Waals surface area contributed by atoms with E-state index in [9.17, 15) is 18.0 Å². The van der Waals surface area contributed by atoms with Crippen LogP contribution in [0.5, 0.6) is 0 Å². The minimum Gasteiger partial charge on any atom is -0.384 e. The average Bonchev–Trinajstić information content (AvgIpc) is 2.35. The van der Waals surface area contributed by atoms with Gasteiger partial charge in [0.25, 0.3) is 0 Å². The predicted molar refractivity (Wildman–Crippen MR) is 64.5 cm³/mol. The third-order valence-corrected chi connectivity index (χ3v) is 2.45. The lowest BCUT2D eigenvalue weighted by molar-refractivity contribution is -0.138. The highest BCUT2D eigenvalue weighted by Gasteiger charge is 2.33. The molecule has 0 saturated heterocycles. The van der Waals surface area contributed by atoms with Crippen molar-refractivity contribution < 1.29 is 22.7 Å². The Bertz CT molecular complexity index is 447. The van der Waals surface area contributed by atoms with Crippen molar-refractivity contribution in [3.8, 4) is 0 Å². The zero-order valence-electron chi connectivity index (χ0n) is 10.4. The van der Waals surface area contributed by atoms with Gasteiger partial charge in [-0.1, -0.05) is 6.07 Å². The zero-order valence-corrected chi connectivity index (χ0v) is 10.4. The fourth-order valence-electron chi connectivity index (χ4n) is 1.51. The second-order valence-electron chi connectivity index (χ2n) is 3.86. The van der Waals surface area contributed by atoms with Crippen molar-refractivity contribution in [1.29, 1.82) is 0 Å². The molecule has 0 atom stereocenters. The minimum atomic E-state index is -4.50. The van der Waals surface area contributed by atoms with Crippen LogP contribution in [-0.2, 0) is 22.3 Å². The van der Waals surface area contributed by atoms with Crippen LogP contribution in [-0.4, -0.2) is 19.6 Å². The predicted octanol–water partition coefficient (Wildman–Crippen LogP) is 2.14. The third-order valence-electron chi connectivity index (χ3n) is 2.45. The van der Waals surface area contributed by atoms with E-state index in [1.165, 1.54) is 19.2 Å². The Balaban J connectivity index is 2.90. The molecule has 3 N–H and O–H groups in total. The van der Waals surface area contributed by atoms with Gasteiger partial charge in [-0.2, -0.15) is 13.2 Å². The molecule has 0 radical (unpaired) electrons. The molecule has 0 aliphatic carbocycles. The topological polar surface area (TPSA) is 64.3 Å². The number of benzene rings is 1. The summed E-state index contributed by atoms with van der Waals surface area (Å²) in [5.41, 5.74) is 4.50. The van der Waals surface area contributed by atoms with E-state index in [2.05, 4.69) is 5.32 Å². The van der Waals surface area contributed by atoms with Gasteiger partial charge in [0.1, 0.15) is 0 Å². The maximum atomic E-state index is 12.8. The van der Waals surface area contributed by atoms with Gasteiger partial charge in [0.15, 0.2) is 0 Å². The Hall–Kier alpha value is -1.60. The summed E-state index contributed by atoms with van der Waals surface area (Å²) in [6.07, 6.45) is -4.42. The first-order chi connectivity index (χ1) is 8.88. The number of carbonyl (C=O) groups is 1. The number of methoxy groups -OCH3 is 1. The number of ether oxygens (including phenoxy) is 1. The third kappa shape index (κ3) is 4.53. The number of hydrogen-bond acceptors (Lipinski definition) is 3. The first kappa shape index (κ1) is 15.5. The fourth-order valence-corrected chi connectivity index (χ4v) is 1.51. The Morgan fingerprint density at radius 1 is 1.42 bits per heavy atom. The normalized spacial score (nSPS) is 11.4. The molecule has 106 valence electrons. The van der Waals surface area contributed by atoms with Crippen LogP contribution >= 0.6 is 0 Å². The van der Waals surface area contributed by atoms with Gasteiger partial charge in [-0.05, 0) is 17.7 Å². The Morgan fingerprint density at radius 3 is 2.63 bits per heavy atom. The summed E-state index contributed by atoms with van der Waals surface area (Å²) >= 11 is 0. The van der Waals surface area contributed by atoms with E-state index in [0.29, 0.717) is 0 Å². The zero-order chi connectivity index (χ0) is 14.5.